The second-order valence-electron chi connectivity index (χ2n) is 8.99. The smallest absolute Gasteiger partial charge is 0.229 e. The van der Waals surface area contributed by atoms with Crippen LogP contribution in [0.5, 0.6) is 5.75 Å². The van der Waals surface area contributed by atoms with Gasteiger partial charge in [0.25, 0.3) is 0 Å². The molecular weight excluding hydrogens is 507 g/mol. The second-order valence-corrected chi connectivity index (χ2v) is 9.38. The fourth-order valence-corrected chi connectivity index (χ4v) is 4.89. The number of methoxy groups -OCH3 is 1. The average Bonchev–Trinajstić information content (AvgIpc) is 3.55. The lowest BCUT2D eigenvalue weighted by atomic mass is 9.97. The van der Waals surface area contributed by atoms with E-state index in [9.17, 15) is 4.39 Å². The molecule has 198 valence electrons. The minimum Gasteiger partial charge on any atom is -0.494 e. The SMILES string of the molecule is CCOCCCNc1nc(Nc2ccc(-n3cnc(Cl)c3)c(OC)c2)nc2c1CCC2c1ccc(F)cc1. The monoisotopic (exact) mass is 536 g/mol. The molecule has 0 aliphatic heterocycles. The predicted octanol–water partition coefficient (Wildman–Crippen LogP) is 6.12. The standard InChI is InChI=1S/C28H30ClFN6O2/c1-3-38-14-4-13-31-27-22-11-10-21(18-5-7-19(30)8-6-18)26(22)34-28(35-27)33-20-9-12-23(24(15-20)37-2)36-16-25(29)32-17-36/h5-9,12,15-17,21H,3-4,10-11,13-14H2,1-2H3,(H2,31,33,34,35). The van der Waals surface area contributed by atoms with Crippen molar-refractivity contribution in [1.82, 2.24) is 19.5 Å². The van der Waals surface area contributed by atoms with Crippen LogP contribution in [-0.2, 0) is 11.2 Å². The van der Waals surface area contributed by atoms with Crippen LogP contribution in [0.25, 0.3) is 5.69 Å². The summed E-state index contributed by atoms with van der Waals surface area (Å²) in [6.07, 6.45) is 5.96. The maximum absolute atomic E-state index is 13.6. The summed E-state index contributed by atoms with van der Waals surface area (Å²) in [5.74, 6) is 1.76. The van der Waals surface area contributed by atoms with Gasteiger partial charge in [0.1, 0.15) is 28.9 Å². The minimum absolute atomic E-state index is 0.0704. The molecule has 38 heavy (non-hydrogen) atoms. The maximum atomic E-state index is 13.6. The minimum atomic E-state index is -0.246. The average molecular weight is 537 g/mol. The second kappa shape index (κ2) is 11.8. The fraction of sp³-hybridized carbons (Fsp3) is 0.321. The normalized spacial score (nSPS) is 14.4. The first-order valence-corrected chi connectivity index (χ1v) is 13.1. The number of fused-ring (bicyclic) bond motifs is 1. The summed E-state index contributed by atoms with van der Waals surface area (Å²) in [4.78, 5) is 13.8. The van der Waals surface area contributed by atoms with Crippen molar-refractivity contribution in [3.8, 4) is 11.4 Å². The van der Waals surface area contributed by atoms with Crippen molar-refractivity contribution < 1.29 is 13.9 Å². The molecule has 0 bridgehead atoms. The molecule has 0 amide bonds. The van der Waals surface area contributed by atoms with Gasteiger partial charge >= 0.3 is 0 Å². The van der Waals surface area contributed by atoms with Crippen LogP contribution in [0.4, 0.5) is 21.8 Å². The molecule has 2 aromatic heterocycles. The van der Waals surface area contributed by atoms with Crippen LogP contribution in [0.1, 0.15) is 42.5 Å². The number of imidazole rings is 1. The van der Waals surface area contributed by atoms with Gasteiger partial charge in [-0.05, 0) is 56.0 Å². The maximum Gasteiger partial charge on any atom is 0.229 e. The van der Waals surface area contributed by atoms with E-state index < -0.39 is 0 Å². The number of rotatable bonds is 11. The van der Waals surface area contributed by atoms with Crippen molar-refractivity contribution in [3.05, 3.63) is 82.8 Å². The van der Waals surface area contributed by atoms with Crippen molar-refractivity contribution in [2.75, 3.05) is 37.5 Å². The molecule has 1 unspecified atom stereocenters. The summed E-state index contributed by atoms with van der Waals surface area (Å²) < 4.78 is 26.5. The van der Waals surface area contributed by atoms with Gasteiger partial charge in [-0.3, -0.25) is 0 Å². The molecule has 0 saturated heterocycles. The Kier molecular flexibility index (Phi) is 8.05. The molecule has 1 aliphatic rings. The number of nitrogens with one attached hydrogen (secondary N) is 2. The summed E-state index contributed by atoms with van der Waals surface area (Å²) in [7, 11) is 1.62. The van der Waals surface area contributed by atoms with Gasteiger partial charge < -0.3 is 24.7 Å². The topological polar surface area (TPSA) is 86.1 Å². The van der Waals surface area contributed by atoms with Crippen molar-refractivity contribution in [1.29, 1.82) is 0 Å². The van der Waals surface area contributed by atoms with E-state index in [2.05, 4.69) is 15.6 Å². The number of ether oxygens (including phenoxy) is 2. The van der Waals surface area contributed by atoms with Crippen molar-refractivity contribution in [2.45, 2.75) is 32.1 Å². The van der Waals surface area contributed by atoms with Crippen LogP contribution in [0.15, 0.2) is 55.0 Å². The third-order valence-corrected chi connectivity index (χ3v) is 6.75. The zero-order valence-electron chi connectivity index (χ0n) is 21.4. The van der Waals surface area contributed by atoms with Crippen LogP contribution < -0.4 is 15.4 Å². The molecule has 4 aromatic rings. The van der Waals surface area contributed by atoms with E-state index in [1.54, 1.807) is 24.2 Å². The highest BCUT2D eigenvalue weighted by molar-refractivity contribution is 6.29. The van der Waals surface area contributed by atoms with Crippen LogP contribution in [0, 0.1) is 5.82 Å². The Morgan fingerprint density at radius 2 is 2.00 bits per heavy atom. The van der Waals surface area contributed by atoms with Crippen LogP contribution in [-0.4, -0.2) is 46.4 Å². The highest BCUT2D eigenvalue weighted by Gasteiger charge is 2.29. The molecule has 2 aromatic carbocycles. The Morgan fingerprint density at radius 1 is 1.16 bits per heavy atom. The molecule has 0 radical (unpaired) electrons. The van der Waals surface area contributed by atoms with Gasteiger partial charge in [-0.1, -0.05) is 23.7 Å². The zero-order valence-corrected chi connectivity index (χ0v) is 22.1. The Hall–Kier alpha value is -3.69. The summed E-state index contributed by atoms with van der Waals surface area (Å²) in [6, 6.07) is 12.4. The third kappa shape index (κ3) is 5.74. The first-order valence-electron chi connectivity index (χ1n) is 12.7. The number of hydrogen-bond donors (Lipinski definition) is 2. The molecular formula is C28H30ClFN6O2. The highest BCUT2D eigenvalue weighted by Crippen LogP contribution is 2.40. The number of anilines is 3. The molecule has 5 rings (SSSR count). The molecule has 8 nitrogen and oxygen atoms in total. The van der Waals surface area contributed by atoms with Gasteiger partial charge in [0.05, 0.1) is 18.5 Å². The van der Waals surface area contributed by atoms with Crippen LogP contribution in [0.3, 0.4) is 0 Å². The van der Waals surface area contributed by atoms with Gasteiger partial charge in [0, 0.05) is 49.2 Å². The summed E-state index contributed by atoms with van der Waals surface area (Å²) in [6.45, 7) is 4.12. The Bertz CT molecular complexity index is 1390. The predicted molar refractivity (Wildman–Crippen MR) is 147 cm³/mol. The first kappa shape index (κ1) is 25.9. The Balaban J connectivity index is 1.45. The fourth-order valence-electron chi connectivity index (χ4n) is 4.74. The van der Waals surface area contributed by atoms with Gasteiger partial charge in [-0.25, -0.2) is 14.4 Å². The van der Waals surface area contributed by atoms with Crippen molar-refractivity contribution in [2.24, 2.45) is 0 Å². The zero-order chi connectivity index (χ0) is 26.5. The molecule has 0 spiro atoms. The van der Waals surface area contributed by atoms with Crippen molar-refractivity contribution >= 4 is 29.1 Å². The van der Waals surface area contributed by atoms with E-state index in [-0.39, 0.29) is 11.7 Å². The number of benzene rings is 2. The Labute approximate surface area is 226 Å². The van der Waals surface area contributed by atoms with E-state index in [1.807, 2.05) is 37.3 Å². The van der Waals surface area contributed by atoms with Gasteiger partial charge in [0.15, 0.2) is 0 Å². The number of hydrogen-bond acceptors (Lipinski definition) is 7. The van der Waals surface area contributed by atoms with E-state index >= 15 is 0 Å². The molecule has 10 heteroatoms. The number of aromatic nitrogens is 4. The summed E-state index contributed by atoms with van der Waals surface area (Å²) >= 11 is 6.00. The van der Waals surface area contributed by atoms with Crippen LogP contribution in [0.2, 0.25) is 5.15 Å². The Morgan fingerprint density at radius 3 is 2.74 bits per heavy atom. The first-order chi connectivity index (χ1) is 18.6. The molecule has 0 saturated carbocycles. The number of nitrogens with zero attached hydrogens (tertiary/aromatic N) is 4. The van der Waals surface area contributed by atoms with E-state index in [1.165, 1.54) is 12.1 Å². The summed E-state index contributed by atoms with van der Waals surface area (Å²) in [5.41, 5.74) is 4.68. The van der Waals surface area contributed by atoms with E-state index in [4.69, 9.17) is 31.0 Å². The lowest BCUT2D eigenvalue weighted by molar-refractivity contribution is 0.147. The number of halogens is 2. The summed E-state index contributed by atoms with van der Waals surface area (Å²) in [5, 5.41) is 7.24. The van der Waals surface area contributed by atoms with Gasteiger partial charge in [0.2, 0.25) is 5.95 Å². The van der Waals surface area contributed by atoms with Crippen LogP contribution >= 0.6 is 11.6 Å². The quantitative estimate of drug-likeness (QED) is 0.223. The molecule has 1 atom stereocenters. The lowest BCUT2D eigenvalue weighted by Crippen LogP contribution is -2.12. The van der Waals surface area contributed by atoms with Gasteiger partial charge in [-0.2, -0.15) is 4.98 Å². The van der Waals surface area contributed by atoms with E-state index in [0.717, 1.165) is 59.8 Å². The third-order valence-electron chi connectivity index (χ3n) is 6.55. The largest absolute Gasteiger partial charge is 0.494 e. The van der Waals surface area contributed by atoms with E-state index in [0.29, 0.717) is 30.1 Å². The molecule has 1 aliphatic carbocycles. The lowest BCUT2D eigenvalue weighted by Gasteiger charge is -2.17. The van der Waals surface area contributed by atoms with Crippen molar-refractivity contribution in [3.63, 3.8) is 0 Å². The highest BCUT2D eigenvalue weighted by atomic mass is 35.5. The van der Waals surface area contributed by atoms with Gasteiger partial charge in [-0.15, -0.1) is 0 Å². The molecule has 2 N–H and O–H groups in total. The molecule has 0 fully saturated rings. The molecule has 2 heterocycles.